The minimum absolute atomic E-state index is 0.155. The SMILES string of the molecule is Cc1cc(CNC(=O)N2C(C)SCC2C(=O)O)on1. The summed E-state index contributed by atoms with van der Waals surface area (Å²) in [6.07, 6.45) is 0. The first kappa shape index (κ1) is 13.7. The van der Waals surface area contributed by atoms with Crippen LogP contribution in [0.15, 0.2) is 10.6 Å². The number of hydrogen-bond donors (Lipinski definition) is 2. The highest BCUT2D eigenvalue weighted by molar-refractivity contribution is 8.00. The van der Waals surface area contributed by atoms with E-state index in [1.807, 2.05) is 6.92 Å². The highest BCUT2D eigenvalue weighted by atomic mass is 32.2. The highest BCUT2D eigenvalue weighted by Crippen LogP contribution is 2.28. The summed E-state index contributed by atoms with van der Waals surface area (Å²) in [5.74, 6) is -0.0366. The number of amides is 2. The zero-order chi connectivity index (χ0) is 14.0. The molecule has 2 unspecified atom stereocenters. The molecule has 2 amide bonds. The van der Waals surface area contributed by atoms with Gasteiger partial charge in [0, 0.05) is 11.8 Å². The smallest absolute Gasteiger partial charge is 0.327 e. The van der Waals surface area contributed by atoms with Crippen molar-refractivity contribution in [1.82, 2.24) is 15.4 Å². The number of thioether (sulfide) groups is 1. The van der Waals surface area contributed by atoms with Crippen LogP contribution in [0.25, 0.3) is 0 Å². The molecule has 8 heteroatoms. The third kappa shape index (κ3) is 3.01. The Bertz CT molecular complexity index is 490. The summed E-state index contributed by atoms with van der Waals surface area (Å²) in [6, 6.07) is 0.535. The fraction of sp³-hybridized carbons (Fsp3) is 0.545. The first-order valence-electron chi connectivity index (χ1n) is 5.82. The van der Waals surface area contributed by atoms with E-state index in [2.05, 4.69) is 10.5 Å². The molecule has 0 aromatic carbocycles. The van der Waals surface area contributed by atoms with E-state index < -0.39 is 18.0 Å². The van der Waals surface area contributed by atoms with Gasteiger partial charge in [-0.2, -0.15) is 0 Å². The summed E-state index contributed by atoms with van der Waals surface area (Å²) in [6.45, 7) is 3.79. The minimum atomic E-state index is -0.984. The van der Waals surface area contributed by atoms with Gasteiger partial charge in [-0.1, -0.05) is 5.16 Å². The second-order valence-electron chi connectivity index (χ2n) is 4.29. The van der Waals surface area contributed by atoms with E-state index in [1.54, 1.807) is 13.0 Å². The van der Waals surface area contributed by atoms with Crippen LogP contribution in [0.1, 0.15) is 18.4 Å². The van der Waals surface area contributed by atoms with Crippen molar-refractivity contribution in [2.24, 2.45) is 0 Å². The van der Waals surface area contributed by atoms with Crippen molar-refractivity contribution in [3.8, 4) is 0 Å². The van der Waals surface area contributed by atoms with Crippen molar-refractivity contribution >= 4 is 23.8 Å². The molecule has 1 aliphatic heterocycles. The maximum atomic E-state index is 12.0. The Labute approximate surface area is 114 Å². The van der Waals surface area contributed by atoms with Crippen molar-refractivity contribution < 1.29 is 19.2 Å². The van der Waals surface area contributed by atoms with Gasteiger partial charge in [0.2, 0.25) is 0 Å². The Morgan fingerprint density at radius 3 is 3.00 bits per heavy atom. The summed E-state index contributed by atoms with van der Waals surface area (Å²) in [5, 5.41) is 15.3. The zero-order valence-electron chi connectivity index (χ0n) is 10.6. The lowest BCUT2D eigenvalue weighted by molar-refractivity contribution is -0.141. The van der Waals surface area contributed by atoms with E-state index in [0.717, 1.165) is 5.69 Å². The van der Waals surface area contributed by atoms with Crippen molar-refractivity contribution in [1.29, 1.82) is 0 Å². The Balaban J connectivity index is 1.96. The summed E-state index contributed by atoms with van der Waals surface area (Å²) in [7, 11) is 0. The fourth-order valence-corrected chi connectivity index (χ4v) is 3.06. The van der Waals surface area contributed by atoms with Crippen LogP contribution < -0.4 is 5.32 Å². The Morgan fingerprint density at radius 2 is 2.42 bits per heavy atom. The van der Waals surface area contributed by atoms with Crippen molar-refractivity contribution in [2.75, 3.05) is 5.75 Å². The molecule has 1 aliphatic rings. The van der Waals surface area contributed by atoms with Gasteiger partial charge in [0.05, 0.1) is 17.6 Å². The number of nitrogens with zero attached hydrogens (tertiary/aromatic N) is 2. The van der Waals surface area contributed by atoms with E-state index in [9.17, 15) is 9.59 Å². The third-order valence-corrected chi connectivity index (χ3v) is 4.05. The first-order valence-corrected chi connectivity index (χ1v) is 6.86. The predicted octanol–water partition coefficient (Wildman–Crippen LogP) is 1.04. The van der Waals surface area contributed by atoms with Gasteiger partial charge in [-0.15, -0.1) is 11.8 Å². The molecule has 0 radical (unpaired) electrons. The third-order valence-electron chi connectivity index (χ3n) is 2.83. The molecule has 1 aromatic heterocycles. The normalized spacial score (nSPS) is 22.5. The molecule has 1 fully saturated rings. The van der Waals surface area contributed by atoms with Gasteiger partial charge in [0.1, 0.15) is 6.04 Å². The summed E-state index contributed by atoms with van der Waals surface area (Å²) < 4.78 is 4.97. The maximum Gasteiger partial charge on any atom is 0.327 e. The number of carbonyl (C=O) groups excluding carboxylic acids is 1. The van der Waals surface area contributed by atoms with E-state index in [4.69, 9.17) is 9.63 Å². The number of hydrogen-bond acceptors (Lipinski definition) is 5. The minimum Gasteiger partial charge on any atom is -0.480 e. The number of urea groups is 1. The van der Waals surface area contributed by atoms with E-state index in [0.29, 0.717) is 11.5 Å². The molecule has 0 spiro atoms. The Morgan fingerprint density at radius 1 is 1.68 bits per heavy atom. The van der Waals surface area contributed by atoms with Crippen molar-refractivity contribution in [3.63, 3.8) is 0 Å². The second kappa shape index (κ2) is 5.52. The topological polar surface area (TPSA) is 95.7 Å². The number of carboxylic acids is 1. The van der Waals surface area contributed by atoms with Crippen LogP contribution >= 0.6 is 11.8 Å². The van der Waals surface area contributed by atoms with Gasteiger partial charge in [-0.05, 0) is 13.8 Å². The lowest BCUT2D eigenvalue weighted by Crippen LogP contribution is -2.49. The average Bonchev–Trinajstić information content (AvgIpc) is 2.92. The zero-order valence-corrected chi connectivity index (χ0v) is 11.4. The predicted molar refractivity (Wildman–Crippen MR) is 68.7 cm³/mol. The van der Waals surface area contributed by atoms with E-state index in [-0.39, 0.29) is 11.9 Å². The molecule has 1 saturated heterocycles. The number of carboxylic acid groups (broad SMARTS) is 1. The van der Waals surface area contributed by atoms with Crippen LogP contribution in [0.5, 0.6) is 0 Å². The quantitative estimate of drug-likeness (QED) is 0.861. The van der Waals surface area contributed by atoms with Gasteiger partial charge in [-0.25, -0.2) is 9.59 Å². The summed E-state index contributed by atoms with van der Waals surface area (Å²) in [5.41, 5.74) is 0.734. The fourth-order valence-electron chi connectivity index (χ4n) is 1.89. The van der Waals surface area contributed by atoms with Crippen LogP contribution in [0.3, 0.4) is 0 Å². The molecule has 0 aliphatic carbocycles. The molecule has 0 saturated carbocycles. The number of aryl methyl sites for hydroxylation is 1. The standard InChI is InChI=1S/C11H15N3O4S/c1-6-3-8(18-13-6)4-12-11(17)14-7(2)19-5-9(14)10(15)16/h3,7,9H,4-5H2,1-2H3,(H,12,17)(H,15,16). The molecule has 1 aromatic rings. The van der Waals surface area contributed by atoms with Crippen LogP contribution in [0, 0.1) is 6.92 Å². The number of aromatic nitrogens is 1. The van der Waals surface area contributed by atoms with Crippen LogP contribution in [0.4, 0.5) is 4.79 Å². The number of nitrogens with one attached hydrogen (secondary N) is 1. The van der Waals surface area contributed by atoms with Crippen LogP contribution in [-0.2, 0) is 11.3 Å². The van der Waals surface area contributed by atoms with Gasteiger partial charge in [0.15, 0.2) is 5.76 Å². The van der Waals surface area contributed by atoms with Crippen molar-refractivity contribution in [2.45, 2.75) is 31.8 Å². The number of rotatable bonds is 3. The monoisotopic (exact) mass is 285 g/mol. The molecule has 0 bridgehead atoms. The van der Waals surface area contributed by atoms with E-state index in [1.165, 1.54) is 16.7 Å². The van der Waals surface area contributed by atoms with Crippen LogP contribution in [-0.4, -0.2) is 44.3 Å². The molecular weight excluding hydrogens is 270 g/mol. The van der Waals surface area contributed by atoms with Gasteiger partial charge >= 0.3 is 12.0 Å². The Kier molecular flexibility index (Phi) is 3.98. The molecule has 2 rings (SSSR count). The van der Waals surface area contributed by atoms with Gasteiger partial charge < -0.3 is 14.9 Å². The largest absolute Gasteiger partial charge is 0.480 e. The summed E-state index contributed by atoms with van der Waals surface area (Å²) in [4.78, 5) is 24.4. The second-order valence-corrected chi connectivity index (χ2v) is 5.64. The molecule has 19 heavy (non-hydrogen) atoms. The highest BCUT2D eigenvalue weighted by Gasteiger charge is 2.39. The lowest BCUT2D eigenvalue weighted by atomic mass is 10.3. The van der Waals surface area contributed by atoms with Gasteiger partial charge in [-0.3, -0.25) is 4.90 Å². The van der Waals surface area contributed by atoms with Gasteiger partial charge in [0.25, 0.3) is 0 Å². The first-order chi connectivity index (χ1) is 8.99. The molecule has 2 atom stereocenters. The molecule has 104 valence electrons. The molecule has 2 N–H and O–H groups in total. The lowest BCUT2D eigenvalue weighted by Gasteiger charge is -2.24. The number of aliphatic carboxylic acids is 1. The maximum absolute atomic E-state index is 12.0. The summed E-state index contributed by atoms with van der Waals surface area (Å²) >= 11 is 1.44. The molecule has 7 nitrogen and oxygen atoms in total. The molecule has 2 heterocycles. The average molecular weight is 285 g/mol. The Hall–Kier alpha value is -1.70. The van der Waals surface area contributed by atoms with E-state index >= 15 is 0 Å². The van der Waals surface area contributed by atoms with Crippen molar-refractivity contribution in [3.05, 3.63) is 17.5 Å². The van der Waals surface area contributed by atoms with Crippen LogP contribution in [0.2, 0.25) is 0 Å². The number of carbonyl (C=O) groups is 2. The molecular formula is C11H15N3O4S.